The zero-order valence-electron chi connectivity index (χ0n) is 17.3. The first-order valence-corrected chi connectivity index (χ1v) is 9.17. The number of pyridine rings is 1. The van der Waals surface area contributed by atoms with Crippen molar-refractivity contribution in [2.75, 3.05) is 6.54 Å². The number of likely N-dealkylation sites (tertiary alicyclic amines) is 1. The van der Waals surface area contributed by atoms with Crippen LogP contribution in [0.1, 0.15) is 33.6 Å². The molecule has 0 aromatic carbocycles. The number of aromatic nitrogens is 2. The number of aryl methyl sites for hydroxylation is 1. The highest BCUT2D eigenvalue weighted by Gasteiger charge is 2.32. The van der Waals surface area contributed by atoms with Gasteiger partial charge in [-0.3, -0.25) is 9.69 Å². The van der Waals surface area contributed by atoms with E-state index in [2.05, 4.69) is 23.0 Å². The van der Waals surface area contributed by atoms with Gasteiger partial charge in [0.05, 0.1) is 11.4 Å². The third kappa shape index (κ3) is 7.30. The summed E-state index contributed by atoms with van der Waals surface area (Å²) in [5.74, 6) is 0. The maximum Gasteiger partial charge on any atom is 0.412 e. The normalized spacial score (nSPS) is 15.4. The molecule has 0 unspecified atom stereocenters. The Morgan fingerprint density at radius 1 is 1.31 bits per heavy atom. The maximum absolute atomic E-state index is 11.5. The number of nitrogens with one attached hydrogen (secondary N) is 1. The molecule has 156 valence electrons. The minimum atomic E-state index is -0.537. The summed E-state index contributed by atoms with van der Waals surface area (Å²) in [5.41, 5.74) is 1.36. The molecule has 1 N–H and O–H groups in total. The van der Waals surface area contributed by atoms with E-state index in [1.54, 1.807) is 33.0 Å². The average Bonchev–Trinajstić information content (AvgIpc) is 3.31. The first-order valence-electron chi connectivity index (χ1n) is 9.17. The largest absolute Gasteiger partial charge is 0.444 e. The summed E-state index contributed by atoms with van der Waals surface area (Å²) in [7, 11) is 1.95. The molecule has 1 amide bonds. The number of carbonyl (C=O) groups is 1. The molecule has 8 heteroatoms. The second-order valence-corrected chi connectivity index (χ2v) is 7.34. The molecule has 1 saturated heterocycles. The quantitative estimate of drug-likeness (QED) is 0.613. The summed E-state index contributed by atoms with van der Waals surface area (Å²) in [6.07, 6.45) is 12.1. The van der Waals surface area contributed by atoms with Crippen LogP contribution in [0.4, 0.5) is 4.79 Å². The highest BCUT2D eigenvalue weighted by atomic mass is 16.6. The second-order valence-electron chi connectivity index (χ2n) is 7.34. The Labute approximate surface area is 170 Å². The van der Waals surface area contributed by atoms with Gasteiger partial charge in [0.25, 0.3) is 0 Å². The van der Waals surface area contributed by atoms with Gasteiger partial charge in [-0.1, -0.05) is 0 Å². The Bertz CT molecular complexity index is 876. The summed E-state index contributed by atoms with van der Waals surface area (Å²) in [4.78, 5) is 37.4. The van der Waals surface area contributed by atoms with E-state index in [4.69, 9.17) is 4.74 Å². The van der Waals surface area contributed by atoms with Crippen LogP contribution in [0.2, 0.25) is 0 Å². The van der Waals surface area contributed by atoms with Gasteiger partial charge in [-0.2, -0.15) is 0 Å². The van der Waals surface area contributed by atoms with Crippen molar-refractivity contribution in [3.8, 4) is 24.2 Å². The van der Waals surface area contributed by atoms with Gasteiger partial charge in [-0.15, -0.1) is 17.8 Å². The van der Waals surface area contributed by atoms with Gasteiger partial charge in [0, 0.05) is 38.1 Å². The Kier molecular flexibility index (Phi) is 8.87. The van der Waals surface area contributed by atoms with Gasteiger partial charge in [0.2, 0.25) is 0 Å². The molecule has 0 radical (unpaired) electrons. The summed E-state index contributed by atoms with van der Waals surface area (Å²) in [6, 6.07) is 7.01. The molecule has 1 aliphatic heterocycles. The maximum atomic E-state index is 11.5. The third-order valence-corrected chi connectivity index (χ3v) is 3.96. The van der Waals surface area contributed by atoms with Gasteiger partial charge < -0.3 is 14.3 Å². The van der Waals surface area contributed by atoms with Crippen LogP contribution >= 0.6 is 0 Å². The van der Waals surface area contributed by atoms with Crippen molar-refractivity contribution in [2.24, 2.45) is 12.2 Å². The minimum absolute atomic E-state index is 0.0231. The van der Waals surface area contributed by atoms with Crippen molar-refractivity contribution >= 4 is 6.09 Å². The van der Waals surface area contributed by atoms with E-state index in [9.17, 15) is 14.5 Å². The molecule has 8 nitrogen and oxygen atoms in total. The van der Waals surface area contributed by atoms with Crippen LogP contribution in [0.25, 0.3) is 11.4 Å². The lowest BCUT2D eigenvalue weighted by molar-refractivity contribution is 0.0231. The van der Waals surface area contributed by atoms with Gasteiger partial charge in [0.1, 0.15) is 5.60 Å². The third-order valence-electron chi connectivity index (χ3n) is 3.96. The first kappa shape index (κ1) is 23.7. The smallest absolute Gasteiger partial charge is 0.412 e. The number of ether oxygens (including phenoxy) is 1. The zero-order chi connectivity index (χ0) is 22.0. The highest BCUT2D eigenvalue weighted by Crippen LogP contribution is 2.21. The lowest BCUT2D eigenvalue weighted by atomic mass is 10.2. The van der Waals surface area contributed by atoms with E-state index in [0.717, 1.165) is 17.8 Å². The molecule has 2 aromatic heterocycles. The van der Waals surface area contributed by atoms with Crippen LogP contribution in [0.3, 0.4) is 0 Å². The number of H-pyrrole nitrogens is 1. The van der Waals surface area contributed by atoms with Crippen molar-refractivity contribution in [2.45, 2.75) is 45.4 Å². The number of hydrogen-bond acceptors (Lipinski definition) is 5. The van der Waals surface area contributed by atoms with E-state index in [-0.39, 0.29) is 5.43 Å². The molecule has 3 heterocycles. The summed E-state index contributed by atoms with van der Waals surface area (Å²) in [5, 5.41) is 2.90. The molecule has 0 aliphatic carbocycles. The molecule has 1 atom stereocenters. The number of amides is 1. The van der Waals surface area contributed by atoms with Crippen LogP contribution in [0.5, 0.6) is 0 Å². The highest BCUT2D eigenvalue weighted by molar-refractivity contribution is 5.68. The predicted molar refractivity (Wildman–Crippen MR) is 113 cm³/mol. The number of carbonyl (C=O) groups excluding carboxylic acids is 1. The van der Waals surface area contributed by atoms with Crippen LogP contribution < -0.4 is 5.43 Å². The van der Waals surface area contributed by atoms with Crippen LogP contribution in [-0.4, -0.2) is 38.9 Å². The molecule has 1 aliphatic rings. The van der Waals surface area contributed by atoms with Crippen molar-refractivity contribution in [1.29, 1.82) is 0 Å². The van der Waals surface area contributed by atoms with Crippen LogP contribution in [0.15, 0.2) is 46.6 Å². The van der Waals surface area contributed by atoms with E-state index < -0.39 is 17.9 Å². The molecule has 2 aromatic rings. The van der Waals surface area contributed by atoms with Crippen molar-refractivity contribution in [3.05, 3.63) is 51.8 Å². The lowest BCUT2D eigenvalue weighted by Gasteiger charge is -2.25. The molecule has 1 fully saturated rings. The van der Waals surface area contributed by atoms with Crippen LogP contribution in [-0.2, 0) is 11.8 Å². The van der Waals surface area contributed by atoms with Crippen LogP contribution in [0, 0.1) is 17.8 Å². The average molecular weight is 400 g/mol. The Hall–Kier alpha value is -3.34. The number of terminal acetylenes is 1. The lowest BCUT2D eigenvalue weighted by Crippen LogP contribution is -2.38. The Morgan fingerprint density at radius 2 is 2.00 bits per heavy atom. The first-order chi connectivity index (χ1) is 13.7. The summed E-state index contributed by atoms with van der Waals surface area (Å²) < 4.78 is 7.11. The standard InChI is InChI=1S/C10H10N2O.C9H16N2O3.C2H2/c1-12-6-2-3-10(12)9-7-8(13)4-5-11-9;1-9(2,3)14-8(12)11-6-4-5-7(11)10-13;1-2/h2-7H,1H3,(H,11,13);7H,4-6H2,1-3H3;1-2H/t;7-;/m.0./s1. The number of rotatable bonds is 2. The number of nitroso groups, excluding NO2 is 1. The van der Waals surface area contributed by atoms with Crippen molar-refractivity contribution < 1.29 is 9.53 Å². The zero-order valence-corrected chi connectivity index (χ0v) is 17.3. The topological polar surface area (TPSA) is 96.8 Å². The second kappa shape index (κ2) is 10.9. The summed E-state index contributed by atoms with van der Waals surface area (Å²) in [6.45, 7) is 5.95. The molecule has 3 rings (SSSR count). The van der Waals surface area contributed by atoms with E-state index in [1.807, 2.05) is 29.9 Å². The molecule has 0 saturated carbocycles. The predicted octanol–water partition coefficient (Wildman–Crippen LogP) is 3.74. The van der Waals surface area contributed by atoms with E-state index >= 15 is 0 Å². The van der Waals surface area contributed by atoms with Gasteiger partial charge in [-0.25, -0.2) is 4.79 Å². The Morgan fingerprint density at radius 3 is 2.52 bits per heavy atom. The van der Waals surface area contributed by atoms with Gasteiger partial charge in [-0.05, 0) is 50.9 Å². The SMILES string of the molecule is C#C.CC(C)(C)OC(=O)N1CCC[C@H]1N=O.Cn1cccc1-c1cc(=O)cc[nH]1. The molecular weight excluding hydrogens is 372 g/mol. The monoisotopic (exact) mass is 400 g/mol. The van der Waals surface area contributed by atoms with E-state index in [0.29, 0.717) is 13.0 Å². The van der Waals surface area contributed by atoms with Gasteiger partial charge >= 0.3 is 6.09 Å². The van der Waals surface area contributed by atoms with Gasteiger partial charge in [0.15, 0.2) is 11.6 Å². The summed E-state index contributed by atoms with van der Waals surface area (Å²) >= 11 is 0. The molecular formula is C21H28N4O4. The molecule has 29 heavy (non-hydrogen) atoms. The Balaban J connectivity index is 0.000000268. The number of aromatic amines is 1. The fraction of sp³-hybridized carbons (Fsp3) is 0.429. The fourth-order valence-corrected chi connectivity index (χ4v) is 2.73. The van der Waals surface area contributed by atoms with Crippen molar-refractivity contribution in [3.63, 3.8) is 0 Å². The fourth-order valence-electron chi connectivity index (χ4n) is 2.73. The molecule has 0 spiro atoms. The van der Waals surface area contributed by atoms with Crippen molar-refractivity contribution in [1.82, 2.24) is 14.5 Å². The van der Waals surface area contributed by atoms with E-state index in [1.165, 1.54) is 11.0 Å². The number of hydrogen-bond donors (Lipinski definition) is 1. The number of nitrogens with zero attached hydrogens (tertiary/aromatic N) is 3. The minimum Gasteiger partial charge on any atom is -0.444 e. The molecule has 0 bridgehead atoms.